The number of fused-ring (bicyclic) bond motifs is 1. The van der Waals surface area contributed by atoms with E-state index in [4.69, 9.17) is 21.1 Å². The van der Waals surface area contributed by atoms with Gasteiger partial charge >= 0.3 is 5.97 Å². The fourth-order valence-electron chi connectivity index (χ4n) is 6.88. The molecule has 0 spiro atoms. The maximum atomic E-state index is 13.7. The fourth-order valence-corrected chi connectivity index (χ4v) is 7.01. The number of rotatable bonds is 19. The molecule has 0 amide bonds. The van der Waals surface area contributed by atoms with E-state index < -0.39 is 0 Å². The second kappa shape index (κ2) is 18.9. The summed E-state index contributed by atoms with van der Waals surface area (Å²) in [7, 11) is 0. The first-order valence-corrected chi connectivity index (χ1v) is 17.8. The first kappa shape index (κ1) is 34.9. The predicted molar refractivity (Wildman–Crippen MR) is 181 cm³/mol. The van der Waals surface area contributed by atoms with Crippen LogP contribution < -0.4 is 0 Å². The molecule has 2 aliphatic carbocycles. The zero-order chi connectivity index (χ0) is 31.9. The van der Waals surface area contributed by atoms with Gasteiger partial charge in [-0.05, 0) is 75.0 Å². The Morgan fingerprint density at radius 3 is 1.78 bits per heavy atom. The molecule has 1 saturated carbocycles. The van der Waals surface area contributed by atoms with Crippen molar-refractivity contribution in [3.63, 3.8) is 0 Å². The summed E-state index contributed by atoms with van der Waals surface area (Å²) in [4.78, 5) is 38.7. The fraction of sp³-hybridized carbons (Fsp3) is 0.564. The van der Waals surface area contributed by atoms with Crippen LogP contribution in [0.4, 0.5) is 0 Å². The van der Waals surface area contributed by atoms with Gasteiger partial charge in [0.05, 0.1) is 13.2 Å². The first-order valence-electron chi connectivity index (χ1n) is 17.5. The molecular formula is C39H51ClO5. The van der Waals surface area contributed by atoms with Gasteiger partial charge in [-0.15, -0.1) is 0 Å². The maximum absolute atomic E-state index is 13.7. The number of halogens is 1. The summed E-state index contributed by atoms with van der Waals surface area (Å²) in [6.45, 7) is 2.79. The third-order valence-corrected chi connectivity index (χ3v) is 9.67. The van der Waals surface area contributed by atoms with Gasteiger partial charge in [0.2, 0.25) is 5.78 Å². The number of esters is 1. The van der Waals surface area contributed by atoms with E-state index in [1.54, 1.807) is 12.1 Å². The normalized spacial score (nSPS) is 18.2. The Morgan fingerprint density at radius 2 is 1.20 bits per heavy atom. The molecular weight excluding hydrogens is 584 g/mol. The lowest BCUT2D eigenvalue weighted by molar-refractivity contribution is -0.143. The lowest BCUT2D eigenvalue weighted by Crippen LogP contribution is -2.29. The van der Waals surface area contributed by atoms with E-state index in [0.717, 1.165) is 62.8 Å². The third kappa shape index (κ3) is 10.6. The molecule has 0 radical (unpaired) electrons. The van der Waals surface area contributed by atoms with Crippen LogP contribution in [0.2, 0.25) is 5.02 Å². The average Bonchev–Trinajstić information content (AvgIpc) is 3.05. The summed E-state index contributed by atoms with van der Waals surface area (Å²) in [6, 6.07) is 15.3. The summed E-state index contributed by atoms with van der Waals surface area (Å²) in [5.41, 5.74) is 2.87. The van der Waals surface area contributed by atoms with Gasteiger partial charge in [0.15, 0.2) is 11.5 Å². The largest absolute Gasteiger partial charge is 0.489 e. The van der Waals surface area contributed by atoms with E-state index >= 15 is 0 Å². The van der Waals surface area contributed by atoms with Crippen LogP contribution in [0.3, 0.4) is 0 Å². The molecule has 0 unspecified atom stereocenters. The number of benzene rings is 2. The Kier molecular flexibility index (Phi) is 14.7. The van der Waals surface area contributed by atoms with E-state index in [2.05, 4.69) is 12.1 Å². The molecule has 4 rings (SSSR count). The molecule has 0 N–H and O–H groups in total. The molecule has 2 aliphatic rings. The molecule has 2 aromatic rings. The van der Waals surface area contributed by atoms with Crippen LogP contribution in [0.25, 0.3) is 0 Å². The predicted octanol–water partition coefficient (Wildman–Crippen LogP) is 10.6. The van der Waals surface area contributed by atoms with Crippen molar-refractivity contribution in [2.75, 3.05) is 13.2 Å². The first-order chi connectivity index (χ1) is 22.0. The minimum absolute atomic E-state index is 0.0354. The second-order valence-corrected chi connectivity index (χ2v) is 13.1. The average molecular weight is 635 g/mol. The van der Waals surface area contributed by atoms with Gasteiger partial charge in [-0.1, -0.05) is 112 Å². The minimum atomic E-state index is -0.140. The van der Waals surface area contributed by atoms with Crippen LogP contribution in [0, 0.1) is 5.92 Å². The highest BCUT2D eigenvalue weighted by atomic mass is 35.5. The van der Waals surface area contributed by atoms with E-state index in [1.165, 1.54) is 50.5 Å². The number of carbonyl (C=O) groups is 3. The van der Waals surface area contributed by atoms with Gasteiger partial charge in [0, 0.05) is 28.1 Å². The lowest BCUT2D eigenvalue weighted by Gasteiger charge is -2.32. The molecule has 2 aromatic carbocycles. The zero-order valence-electron chi connectivity index (χ0n) is 27.1. The number of allylic oxidation sites excluding steroid dienone is 2. The highest BCUT2D eigenvalue weighted by Gasteiger charge is 2.38. The van der Waals surface area contributed by atoms with Crippen LogP contribution >= 0.6 is 11.6 Å². The molecule has 45 heavy (non-hydrogen) atoms. The van der Waals surface area contributed by atoms with Crippen molar-refractivity contribution in [2.45, 2.75) is 122 Å². The van der Waals surface area contributed by atoms with E-state index in [9.17, 15) is 14.4 Å². The maximum Gasteiger partial charge on any atom is 0.305 e. The number of ketones is 2. The molecule has 0 saturated heterocycles. The smallest absolute Gasteiger partial charge is 0.305 e. The van der Waals surface area contributed by atoms with Gasteiger partial charge in [-0.25, -0.2) is 0 Å². The van der Waals surface area contributed by atoms with Crippen LogP contribution in [0.5, 0.6) is 0 Å². The highest BCUT2D eigenvalue weighted by molar-refractivity contribution is 6.30. The molecule has 0 aromatic heterocycles. The molecule has 0 atom stereocenters. The van der Waals surface area contributed by atoms with E-state index in [0.29, 0.717) is 48.0 Å². The number of Topliss-reactive ketones (excluding diaryl/α,β-unsaturated/α-hetero) is 2. The number of hydrogen-bond acceptors (Lipinski definition) is 5. The van der Waals surface area contributed by atoms with Crippen LogP contribution in [-0.4, -0.2) is 30.7 Å². The SMILES string of the molecule is CCOC(=O)CCCCCCCCCCCCCCOC1=C(C2CCC(c3ccc(Cl)cc3)CC2)C(=O)c2ccccc2C1=O. The van der Waals surface area contributed by atoms with Crippen LogP contribution in [0.1, 0.15) is 148 Å². The molecule has 5 nitrogen and oxygen atoms in total. The van der Waals surface area contributed by atoms with Crippen molar-refractivity contribution < 1.29 is 23.9 Å². The molecule has 244 valence electrons. The van der Waals surface area contributed by atoms with Crippen molar-refractivity contribution in [1.29, 1.82) is 0 Å². The second-order valence-electron chi connectivity index (χ2n) is 12.7. The number of unbranched alkanes of at least 4 members (excludes halogenated alkanes) is 11. The van der Waals surface area contributed by atoms with Gasteiger partial charge < -0.3 is 9.47 Å². The Morgan fingerprint density at radius 1 is 0.689 bits per heavy atom. The van der Waals surface area contributed by atoms with Crippen molar-refractivity contribution >= 4 is 29.1 Å². The Labute approximate surface area is 275 Å². The number of ether oxygens (including phenoxy) is 2. The van der Waals surface area contributed by atoms with Gasteiger partial charge in [0.1, 0.15) is 0 Å². The number of hydrogen-bond donors (Lipinski definition) is 0. The van der Waals surface area contributed by atoms with Crippen molar-refractivity contribution in [1.82, 2.24) is 0 Å². The Hall–Kier alpha value is -2.92. The quantitative estimate of drug-likeness (QED) is 0.114. The lowest BCUT2D eigenvalue weighted by atomic mass is 9.72. The third-order valence-electron chi connectivity index (χ3n) is 9.42. The molecule has 6 heteroatoms. The van der Waals surface area contributed by atoms with Gasteiger partial charge in [0.25, 0.3) is 0 Å². The summed E-state index contributed by atoms with van der Waals surface area (Å²) in [6.07, 6.45) is 18.1. The summed E-state index contributed by atoms with van der Waals surface area (Å²) in [5, 5.41) is 0.743. The highest BCUT2D eigenvalue weighted by Crippen LogP contribution is 2.42. The van der Waals surface area contributed by atoms with Crippen LogP contribution in [-0.2, 0) is 14.3 Å². The van der Waals surface area contributed by atoms with Crippen molar-refractivity contribution in [3.05, 3.63) is 81.6 Å². The topological polar surface area (TPSA) is 69.7 Å². The molecule has 0 heterocycles. The van der Waals surface area contributed by atoms with Gasteiger partial charge in [-0.3, -0.25) is 14.4 Å². The standard InChI is InChI=1S/C39H51ClO5/c1-2-44-35(41)19-13-11-9-7-5-3-4-6-8-10-12-16-28-45-39-36(37(42)33-17-14-15-18-34(33)38(39)43)31-22-20-29(21-23-31)30-24-26-32(40)27-25-30/h14-15,17-18,24-27,29,31H,2-13,16,19-23,28H2,1H3. The summed E-state index contributed by atoms with van der Waals surface area (Å²) < 4.78 is 11.2. The Balaban J connectivity index is 1.17. The molecule has 1 fully saturated rings. The summed E-state index contributed by atoms with van der Waals surface area (Å²) in [5.74, 6) is 0.538. The van der Waals surface area contributed by atoms with Crippen LogP contribution in [0.15, 0.2) is 59.9 Å². The molecule has 0 aliphatic heterocycles. The molecule has 0 bridgehead atoms. The number of carbonyl (C=O) groups excluding carboxylic acids is 3. The summed E-state index contributed by atoms with van der Waals surface area (Å²) >= 11 is 6.09. The van der Waals surface area contributed by atoms with E-state index in [1.807, 2.05) is 31.2 Å². The zero-order valence-corrected chi connectivity index (χ0v) is 27.9. The van der Waals surface area contributed by atoms with Gasteiger partial charge in [-0.2, -0.15) is 0 Å². The van der Waals surface area contributed by atoms with Crippen molar-refractivity contribution in [2.24, 2.45) is 5.92 Å². The van der Waals surface area contributed by atoms with Crippen molar-refractivity contribution in [3.8, 4) is 0 Å². The minimum Gasteiger partial charge on any atom is -0.489 e. The van der Waals surface area contributed by atoms with E-state index in [-0.39, 0.29) is 23.5 Å². The Bertz CT molecular complexity index is 1270. The monoisotopic (exact) mass is 634 g/mol.